The lowest BCUT2D eigenvalue weighted by atomic mass is 9.90. The van der Waals surface area contributed by atoms with Gasteiger partial charge in [-0.25, -0.2) is 0 Å². The SMILES string of the molecule is CCc1nnc(C)cc1C(=O)N1CC(C)CC(C(=O)O)C1. The molecule has 2 heterocycles. The number of amides is 1. The molecule has 6 heteroatoms. The second-order valence-corrected chi connectivity index (χ2v) is 5.79. The first-order chi connectivity index (χ1) is 9.92. The van der Waals surface area contributed by atoms with Gasteiger partial charge in [0.2, 0.25) is 0 Å². The molecule has 1 amide bonds. The molecule has 1 aromatic heterocycles. The monoisotopic (exact) mass is 291 g/mol. The zero-order valence-electron chi connectivity index (χ0n) is 12.7. The van der Waals surface area contributed by atoms with Crippen molar-refractivity contribution in [3.8, 4) is 0 Å². The van der Waals surface area contributed by atoms with E-state index in [-0.39, 0.29) is 18.4 Å². The summed E-state index contributed by atoms with van der Waals surface area (Å²) in [7, 11) is 0. The fourth-order valence-corrected chi connectivity index (χ4v) is 2.83. The van der Waals surface area contributed by atoms with Crippen molar-refractivity contribution in [2.45, 2.75) is 33.6 Å². The third-order valence-electron chi connectivity index (χ3n) is 3.85. The highest BCUT2D eigenvalue weighted by Gasteiger charge is 2.33. The van der Waals surface area contributed by atoms with Gasteiger partial charge in [0.25, 0.3) is 5.91 Å². The fourth-order valence-electron chi connectivity index (χ4n) is 2.83. The van der Waals surface area contributed by atoms with E-state index in [2.05, 4.69) is 10.2 Å². The first-order valence-corrected chi connectivity index (χ1v) is 7.27. The van der Waals surface area contributed by atoms with Crippen molar-refractivity contribution in [2.24, 2.45) is 11.8 Å². The van der Waals surface area contributed by atoms with E-state index in [0.29, 0.717) is 36.3 Å². The van der Waals surface area contributed by atoms with Crippen molar-refractivity contribution >= 4 is 11.9 Å². The first kappa shape index (κ1) is 15.4. The normalized spacial score (nSPS) is 22.1. The second-order valence-electron chi connectivity index (χ2n) is 5.79. The maximum Gasteiger partial charge on any atom is 0.308 e. The van der Waals surface area contributed by atoms with Crippen LogP contribution < -0.4 is 0 Å². The van der Waals surface area contributed by atoms with Crippen LogP contribution in [0.2, 0.25) is 0 Å². The maximum absolute atomic E-state index is 12.7. The molecule has 114 valence electrons. The van der Waals surface area contributed by atoms with Gasteiger partial charge in [-0.3, -0.25) is 9.59 Å². The predicted octanol–water partition coefficient (Wildman–Crippen LogP) is 1.53. The Labute approximate surface area is 124 Å². The van der Waals surface area contributed by atoms with Crippen molar-refractivity contribution < 1.29 is 14.7 Å². The van der Waals surface area contributed by atoms with Gasteiger partial charge in [-0.1, -0.05) is 13.8 Å². The van der Waals surface area contributed by atoms with E-state index in [9.17, 15) is 14.7 Å². The van der Waals surface area contributed by atoms with E-state index in [1.165, 1.54) is 0 Å². The number of hydrogen-bond acceptors (Lipinski definition) is 4. The minimum absolute atomic E-state index is 0.136. The summed E-state index contributed by atoms with van der Waals surface area (Å²) in [6, 6.07) is 1.74. The molecule has 2 rings (SSSR count). The predicted molar refractivity (Wildman–Crippen MR) is 77.0 cm³/mol. The highest BCUT2D eigenvalue weighted by molar-refractivity contribution is 5.95. The second kappa shape index (κ2) is 6.20. The summed E-state index contributed by atoms with van der Waals surface area (Å²) in [5, 5.41) is 17.3. The zero-order chi connectivity index (χ0) is 15.6. The summed E-state index contributed by atoms with van der Waals surface area (Å²) in [6.07, 6.45) is 1.24. The molecule has 1 N–H and O–H groups in total. The number of aromatic nitrogens is 2. The highest BCUT2D eigenvalue weighted by Crippen LogP contribution is 2.24. The van der Waals surface area contributed by atoms with Crippen LogP contribution in [0.25, 0.3) is 0 Å². The molecule has 1 aromatic rings. The molecule has 1 aliphatic heterocycles. The van der Waals surface area contributed by atoms with E-state index in [1.807, 2.05) is 13.8 Å². The molecular formula is C15H21N3O3. The summed E-state index contributed by atoms with van der Waals surface area (Å²) in [5.41, 5.74) is 1.90. The standard InChI is InChI=1S/C15H21N3O3/c1-4-13-12(6-10(3)16-17-13)14(19)18-7-9(2)5-11(8-18)15(20)21/h6,9,11H,4-5,7-8H2,1-3H3,(H,20,21). The van der Waals surface area contributed by atoms with Gasteiger partial charge in [-0.15, -0.1) is 0 Å². The van der Waals surface area contributed by atoms with E-state index in [4.69, 9.17) is 0 Å². The van der Waals surface area contributed by atoms with Crippen LogP contribution in [0, 0.1) is 18.8 Å². The molecule has 0 bridgehead atoms. The van der Waals surface area contributed by atoms with Crippen LogP contribution in [-0.2, 0) is 11.2 Å². The van der Waals surface area contributed by atoms with Gasteiger partial charge in [0.1, 0.15) is 0 Å². The summed E-state index contributed by atoms with van der Waals surface area (Å²) >= 11 is 0. The third kappa shape index (κ3) is 3.37. The molecular weight excluding hydrogens is 270 g/mol. The number of hydrogen-bond donors (Lipinski definition) is 1. The van der Waals surface area contributed by atoms with Crippen LogP contribution in [0.4, 0.5) is 0 Å². The summed E-state index contributed by atoms with van der Waals surface area (Å²) in [5.74, 6) is -1.27. The number of likely N-dealkylation sites (tertiary alicyclic amines) is 1. The number of nitrogens with zero attached hydrogens (tertiary/aromatic N) is 3. The molecule has 1 fully saturated rings. The highest BCUT2D eigenvalue weighted by atomic mass is 16.4. The molecule has 0 aliphatic carbocycles. The van der Waals surface area contributed by atoms with Gasteiger partial charge in [-0.2, -0.15) is 10.2 Å². The molecule has 0 aromatic carbocycles. The average Bonchev–Trinajstić information content (AvgIpc) is 2.45. The smallest absolute Gasteiger partial charge is 0.308 e. The molecule has 0 saturated carbocycles. The maximum atomic E-state index is 12.7. The van der Waals surface area contributed by atoms with Crippen molar-refractivity contribution in [1.29, 1.82) is 0 Å². The Bertz CT molecular complexity index is 559. The lowest BCUT2D eigenvalue weighted by Crippen LogP contribution is -2.45. The molecule has 6 nitrogen and oxygen atoms in total. The summed E-state index contributed by atoms with van der Waals surface area (Å²) in [6.45, 7) is 6.56. The van der Waals surface area contributed by atoms with Crippen LogP contribution in [-0.4, -0.2) is 45.2 Å². The number of carbonyl (C=O) groups is 2. The van der Waals surface area contributed by atoms with Crippen molar-refractivity contribution in [3.63, 3.8) is 0 Å². The van der Waals surface area contributed by atoms with Gasteiger partial charge < -0.3 is 10.0 Å². The number of aliphatic carboxylic acids is 1. The number of carboxylic acid groups (broad SMARTS) is 1. The van der Waals surface area contributed by atoms with Crippen molar-refractivity contribution in [3.05, 3.63) is 23.0 Å². The minimum atomic E-state index is -0.834. The topological polar surface area (TPSA) is 83.4 Å². The lowest BCUT2D eigenvalue weighted by molar-refractivity contribution is -0.143. The van der Waals surface area contributed by atoms with Gasteiger partial charge in [-0.05, 0) is 31.7 Å². The van der Waals surface area contributed by atoms with Gasteiger partial charge >= 0.3 is 5.97 Å². The van der Waals surface area contributed by atoms with Gasteiger partial charge in [0.05, 0.1) is 22.9 Å². The molecule has 21 heavy (non-hydrogen) atoms. The lowest BCUT2D eigenvalue weighted by Gasteiger charge is -2.35. The third-order valence-corrected chi connectivity index (χ3v) is 3.85. The van der Waals surface area contributed by atoms with Crippen molar-refractivity contribution in [1.82, 2.24) is 15.1 Å². The van der Waals surface area contributed by atoms with Crippen LogP contribution >= 0.6 is 0 Å². The largest absolute Gasteiger partial charge is 0.481 e. The summed E-state index contributed by atoms with van der Waals surface area (Å²) in [4.78, 5) is 25.6. The number of rotatable bonds is 3. The molecule has 1 saturated heterocycles. The van der Waals surface area contributed by atoms with Crippen molar-refractivity contribution in [2.75, 3.05) is 13.1 Å². The van der Waals surface area contributed by atoms with Crippen LogP contribution in [0.5, 0.6) is 0 Å². The Hall–Kier alpha value is -1.98. The summed E-state index contributed by atoms with van der Waals surface area (Å²) < 4.78 is 0. The first-order valence-electron chi connectivity index (χ1n) is 7.27. The zero-order valence-corrected chi connectivity index (χ0v) is 12.7. The van der Waals surface area contributed by atoms with Gasteiger partial charge in [0, 0.05) is 13.1 Å². The molecule has 2 atom stereocenters. The van der Waals surface area contributed by atoms with E-state index < -0.39 is 11.9 Å². The Balaban J connectivity index is 2.26. The molecule has 0 spiro atoms. The van der Waals surface area contributed by atoms with E-state index >= 15 is 0 Å². The van der Waals surface area contributed by atoms with E-state index in [0.717, 1.165) is 0 Å². The Kier molecular flexibility index (Phi) is 4.55. The molecule has 1 aliphatic rings. The number of carbonyl (C=O) groups excluding carboxylic acids is 1. The Morgan fingerprint density at radius 1 is 1.38 bits per heavy atom. The van der Waals surface area contributed by atoms with Gasteiger partial charge in [0.15, 0.2) is 0 Å². The van der Waals surface area contributed by atoms with E-state index in [1.54, 1.807) is 17.9 Å². The average molecular weight is 291 g/mol. The van der Waals surface area contributed by atoms with Crippen LogP contribution in [0.3, 0.4) is 0 Å². The number of piperidine rings is 1. The van der Waals surface area contributed by atoms with Crippen LogP contribution in [0.15, 0.2) is 6.07 Å². The Morgan fingerprint density at radius 3 is 2.71 bits per heavy atom. The molecule has 0 radical (unpaired) electrons. The Morgan fingerprint density at radius 2 is 2.10 bits per heavy atom. The van der Waals surface area contributed by atoms with Crippen LogP contribution in [0.1, 0.15) is 42.0 Å². The quantitative estimate of drug-likeness (QED) is 0.913. The number of carboxylic acids is 1. The molecule has 2 unspecified atom stereocenters. The fraction of sp³-hybridized carbons (Fsp3) is 0.600. The number of aryl methyl sites for hydroxylation is 2. The minimum Gasteiger partial charge on any atom is -0.481 e.